The number of aryl methyl sites for hydroxylation is 4. The van der Waals surface area contributed by atoms with Crippen LogP contribution in [0.2, 0.25) is 0 Å². The van der Waals surface area contributed by atoms with Crippen molar-refractivity contribution in [1.82, 2.24) is 19.3 Å². The summed E-state index contributed by atoms with van der Waals surface area (Å²) in [6.07, 6.45) is 5.61. The SMILES string of the molecule is Cc1cccc(C)c1B1c2ccccc2B(c2c(C)cccc2C)c2c(Oc3[c-]c4c(cc3)c3ccccc3n4-c3ccccn3)[c-]c(-n3cccn3)cc21.[Pt+2]. The van der Waals surface area contributed by atoms with E-state index in [1.807, 2.05) is 53.6 Å². The van der Waals surface area contributed by atoms with Crippen molar-refractivity contribution in [2.24, 2.45) is 0 Å². The van der Waals surface area contributed by atoms with E-state index in [9.17, 15) is 0 Å². The van der Waals surface area contributed by atoms with Gasteiger partial charge in [-0.05, 0) is 63.0 Å². The molecule has 6 aromatic carbocycles. The third-order valence-corrected chi connectivity index (χ3v) is 11.4. The Bertz CT molecular complexity index is 2880. The van der Waals surface area contributed by atoms with E-state index >= 15 is 0 Å². The number of pyridine rings is 1. The van der Waals surface area contributed by atoms with Crippen LogP contribution in [0, 0.1) is 39.8 Å². The molecule has 0 spiro atoms. The minimum Gasteiger partial charge on any atom is -0.509 e. The van der Waals surface area contributed by atoms with E-state index in [2.05, 4.69) is 147 Å². The summed E-state index contributed by atoms with van der Waals surface area (Å²) < 4.78 is 11.3. The van der Waals surface area contributed by atoms with E-state index in [-0.39, 0.29) is 34.5 Å². The van der Waals surface area contributed by atoms with Crippen molar-refractivity contribution in [1.29, 1.82) is 0 Å². The minimum atomic E-state index is -0.102. The van der Waals surface area contributed by atoms with Gasteiger partial charge in [0.2, 0.25) is 6.71 Å². The Balaban J connectivity index is 0.00000410. The molecule has 270 valence electrons. The van der Waals surface area contributed by atoms with Gasteiger partial charge < -0.3 is 9.30 Å². The molecule has 10 rings (SSSR count). The smallest absolute Gasteiger partial charge is 0.509 e. The van der Waals surface area contributed by atoms with E-state index in [1.165, 1.54) is 49.6 Å². The maximum atomic E-state index is 7.22. The molecule has 0 N–H and O–H groups in total. The molecule has 0 radical (unpaired) electrons. The standard InChI is InChI=1S/C48H36B2N4O.Pt/c1-31-14-11-15-32(2)46(31)49-39-19-6-7-20-40(39)50(47-33(3)16-12-17-34(47)4)48-41(49)28-35(53-27-13-26-52-53)29-44(48)55-36-23-24-38-37-18-5-8-21-42(37)54(43(38)30-36)45-22-9-10-25-51-45;/h5-28H,1-4H3;/q-2;+2. The molecule has 1 aliphatic rings. The molecule has 0 fully saturated rings. The van der Waals surface area contributed by atoms with E-state index < -0.39 is 0 Å². The molecular weight excluding hydrogens is 865 g/mol. The van der Waals surface area contributed by atoms with Gasteiger partial charge in [-0.3, -0.25) is 4.68 Å². The first kappa shape index (κ1) is 35.8. The van der Waals surface area contributed by atoms with Crippen molar-refractivity contribution in [3.8, 4) is 23.0 Å². The summed E-state index contributed by atoms with van der Waals surface area (Å²) in [6, 6.07) is 52.5. The van der Waals surface area contributed by atoms with Crippen LogP contribution in [0.5, 0.6) is 11.5 Å². The zero-order chi connectivity index (χ0) is 37.2. The normalized spacial score (nSPS) is 12.1. The van der Waals surface area contributed by atoms with E-state index in [1.54, 1.807) is 0 Å². The van der Waals surface area contributed by atoms with Gasteiger partial charge in [-0.15, -0.1) is 35.1 Å². The summed E-state index contributed by atoms with van der Waals surface area (Å²) in [4.78, 5) is 4.75. The molecular formula is C48H36B2N4OPt. The van der Waals surface area contributed by atoms with Crippen LogP contribution in [0.25, 0.3) is 33.3 Å². The molecule has 0 saturated carbocycles. The average molecular weight is 902 g/mol. The van der Waals surface area contributed by atoms with Crippen molar-refractivity contribution >= 4 is 68.0 Å². The van der Waals surface area contributed by atoms with Crippen LogP contribution in [0.3, 0.4) is 0 Å². The monoisotopic (exact) mass is 901 g/mol. The van der Waals surface area contributed by atoms with Gasteiger partial charge >= 0.3 is 21.1 Å². The molecule has 0 aliphatic carbocycles. The predicted molar refractivity (Wildman–Crippen MR) is 227 cm³/mol. The van der Waals surface area contributed by atoms with Crippen molar-refractivity contribution < 1.29 is 25.8 Å². The van der Waals surface area contributed by atoms with Gasteiger partial charge in [0.15, 0.2) is 6.71 Å². The predicted octanol–water partition coefficient (Wildman–Crippen LogP) is 6.33. The molecule has 4 heterocycles. The number of hydrogen-bond donors (Lipinski definition) is 0. The molecule has 3 aromatic heterocycles. The fourth-order valence-electron chi connectivity index (χ4n) is 9.03. The second-order valence-electron chi connectivity index (χ2n) is 14.6. The Labute approximate surface area is 342 Å². The Morgan fingerprint density at radius 3 is 1.91 bits per heavy atom. The number of benzene rings is 6. The molecule has 0 unspecified atom stereocenters. The summed E-state index contributed by atoms with van der Waals surface area (Å²) >= 11 is 0. The number of ether oxygens (including phenoxy) is 1. The molecule has 0 saturated heterocycles. The van der Waals surface area contributed by atoms with Crippen molar-refractivity contribution in [2.45, 2.75) is 27.7 Å². The third-order valence-electron chi connectivity index (χ3n) is 11.4. The Morgan fingerprint density at radius 1 is 0.571 bits per heavy atom. The second-order valence-corrected chi connectivity index (χ2v) is 14.6. The van der Waals surface area contributed by atoms with Crippen molar-refractivity contribution in [2.75, 3.05) is 0 Å². The number of rotatable bonds is 6. The first-order chi connectivity index (χ1) is 27.0. The second kappa shape index (κ2) is 14.3. The van der Waals surface area contributed by atoms with Gasteiger partial charge in [-0.1, -0.05) is 135 Å². The number of para-hydroxylation sites is 1. The molecule has 1 aliphatic heterocycles. The maximum absolute atomic E-state index is 7.22. The molecule has 0 amide bonds. The third kappa shape index (κ3) is 5.76. The summed E-state index contributed by atoms with van der Waals surface area (Å²) in [6.45, 7) is 8.76. The first-order valence-corrected chi connectivity index (χ1v) is 18.8. The first-order valence-electron chi connectivity index (χ1n) is 18.8. The Morgan fingerprint density at radius 2 is 1.23 bits per heavy atom. The molecule has 5 nitrogen and oxygen atoms in total. The number of fused-ring (bicyclic) bond motifs is 5. The summed E-state index contributed by atoms with van der Waals surface area (Å²) in [7, 11) is 0. The van der Waals surface area contributed by atoms with E-state index in [0.717, 1.165) is 38.8 Å². The van der Waals surface area contributed by atoms with Gasteiger partial charge in [0.05, 0.1) is 0 Å². The zero-order valence-electron chi connectivity index (χ0n) is 31.5. The van der Waals surface area contributed by atoms with Crippen LogP contribution in [0.1, 0.15) is 22.3 Å². The number of nitrogens with zero attached hydrogens (tertiary/aromatic N) is 4. The van der Waals surface area contributed by atoms with Crippen LogP contribution < -0.4 is 37.5 Å². The van der Waals surface area contributed by atoms with Crippen LogP contribution in [0.15, 0.2) is 146 Å². The van der Waals surface area contributed by atoms with Crippen LogP contribution in [-0.4, -0.2) is 32.8 Å². The fraction of sp³-hybridized carbons (Fsp3) is 0.0833. The topological polar surface area (TPSA) is 44.9 Å². The Hall–Kier alpha value is -5.90. The van der Waals surface area contributed by atoms with Gasteiger partial charge in [0.25, 0.3) is 0 Å². The zero-order valence-corrected chi connectivity index (χ0v) is 33.8. The van der Waals surface area contributed by atoms with Gasteiger partial charge in [0.1, 0.15) is 5.82 Å². The fourth-order valence-corrected chi connectivity index (χ4v) is 9.03. The van der Waals surface area contributed by atoms with Gasteiger partial charge in [-0.25, -0.2) is 4.98 Å². The number of aromatic nitrogens is 4. The average Bonchev–Trinajstić information content (AvgIpc) is 3.86. The van der Waals surface area contributed by atoms with Crippen LogP contribution in [0.4, 0.5) is 0 Å². The van der Waals surface area contributed by atoms with Gasteiger partial charge in [-0.2, -0.15) is 16.6 Å². The minimum absolute atomic E-state index is 0. The molecule has 8 heteroatoms. The molecule has 9 aromatic rings. The van der Waals surface area contributed by atoms with E-state index in [4.69, 9.17) is 9.72 Å². The van der Waals surface area contributed by atoms with Crippen LogP contribution >= 0.6 is 0 Å². The Kier molecular flexibility index (Phi) is 9.14. The molecule has 0 bridgehead atoms. The summed E-state index contributed by atoms with van der Waals surface area (Å²) in [5.41, 5.74) is 15.3. The van der Waals surface area contributed by atoms with Crippen molar-refractivity contribution in [3.05, 3.63) is 180 Å². The maximum Gasteiger partial charge on any atom is 2.00 e. The van der Waals surface area contributed by atoms with Crippen molar-refractivity contribution in [3.63, 3.8) is 0 Å². The van der Waals surface area contributed by atoms with E-state index in [0.29, 0.717) is 11.5 Å². The van der Waals surface area contributed by atoms with Gasteiger partial charge in [0, 0.05) is 35.6 Å². The van der Waals surface area contributed by atoms with Crippen LogP contribution in [-0.2, 0) is 21.1 Å². The summed E-state index contributed by atoms with van der Waals surface area (Å²) in [5, 5.41) is 6.91. The molecule has 56 heavy (non-hydrogen) atoms. The molecule has 0 atom stereocenters. The quantitative estimate of drug-likeness (QED) is 0.145. The summed E-state index contributed by atoms with van der Waals surface area (Å²) in [5.74, 6) is 2.10. The number of hydrogen-bond acceptors (Lipinski definition) is 3. The largest absolute Gasteiger partial charge is 2.00 e.